The van der Waals surface area contributed by atoms with Crippen LogP contribution >= 0.6 is 23.2 Å². The van der Waals surface area contributed by atoms with Gasteiger partial charge in [-0.3, -0.25) is 0 Å². The van der Waals surface area contributed by atoms with Crippen LogP contribution in [0.4, 0.5) is 17.1 Å². The van der Waals surface area contributed by atoms with E-state index in [2.05, 4.69) is 33.7 Å². The van der Waals surface area contributed by atoms with E-state index in [1.165, 1.54) is 6.07 Å². The maximum Gasteiger partial charge on any atom is 1.00 e. The topological polar surface area (TPSA) is 133 Å². The Morgan fingerprint density at radius 3 is 2.09 bits per heavy atom. The SMILES string of the molecule is CCN(CC)c1ccc(N=Nc2cc(Cl)c(S(=O)(=O)[N-]CCS(=O)(=O)[O-])cc2Cl)c(C)c1.[K+].[Na+]. The van der Waals surface area contributed by atoms with Gasteiger partial charge in [0.25, 0.3) is 0 Å². The molecule has 15 heteroatoms. The first kappa shape index (κ1) is 34.9. The molecular weight excluding hydrogens is 561 g/mol. The zero-order valence-electron chi connectivity index (χ0n) is 19.6. The third kappa shape index (κ3) is 10.3. The van der Waals surface area contributed by atoms with Gasteiger partial charge < -0.3 is 14.2 Å². The quantitative estimate of drug-likeness (QED) is 0.204. The monoisotopic (exact) mass is 582 g/mol. The minimum atomic E-state index is -4.60. The normalized spacial score (nSPS) is 11.7. The summed E-state index contributed by atoms with van der Waals surface area (Å²) >= 11 is 12.2. The summed E-state index contributed by atoms with van der Waals surface area (Å²) in [7, 11) is -8.92. The molecule has 0 fully saturated rings. The molecule has 0 amide bonds. The molecule has 2 aromatic rings. The molecule has 0 saturated carbocycles. The molecule has 2 rings (SSSR count). The van der Waals surface area contributed by atoms with Crippen LogP contribution in [0.5, 0.6) is 0 Å². The zero-order valence-corrected chi connectivity index (χ0v) is 27.9. The maximum absolute atomic E-state index is 12.3. The van der Waals surface area contributed by atoms with Crippen molar-refractivity contribution >= 4 is 60.4 Å². The molecule has 0 radical (unpaired) electrons. The van der Waals surface area contributed by atoms with Crippen LogP contribution < -0.4 is 85.8 Å². The molecule has 0 unspecified atom stereocenters. The molecule has 176 valence electrons. The van der Waals surface area contributed by atoms with Crippen molar-refractivity contribution in [1.82, 2.24) is 0 Å². The van der Waals surface area contributed by atoms with Gasteiger partial charge in [0.05, 0.1) is 30.7 Å². The van der Waals surface area contributed by atoms with E-state index in [9.17, 15) is 21.4 Å². The van der Waals surface area contributed by atoms with Crippen molar-refractivity contribution < 1.29 is 102 Å². The number of benzene rings is 2. The van der Waals surface area contributed by atoms with E-state index >= 15 is 0 Å². The van der Waals surface area contributed by atoms with Crippen LogP contribution in [0.15, 0.2) is 45.5 Å². The number of aryl methyl sites for hydroxylation is 1. The first-order valence-electron chi connectivity index (χ1n) is 9.51. The van der Waals surface area contributed by atoms with Crippen molar-refractivity contribution in [1.29, 1.82) is 0 Å². The molecule has 0 bridgehead atoms. The molecule has 0 heterocycles. The van der Waals surface area contributed by atoms with Gasteiger partial charge >= 0.3 is 80.9 Å². The van der Waals surface area contributed by atoms with Gasteiger partial charge in [-0.2, -0.15) is 5.11 Å². The van der Waals surface area contributed by atoms with Gasteiger partial charge in [0, 0.05) is 24.5 Å². The molecule has 0 spiro atoms. The molecule has 9 nitrogen and oxygen atoms in total. The minimum absolute atomic E-state index is 0. The van der Waals surface area contributed by atoms with E-state index in [1.54, 1.807) is 0 Å². The summed E-state index contributed by atoms with van der Waals surface area (Å²) in [5, 5.41) is 8.01. The molecular formula is C19H22Cl2KN4NaO5S2. The number of nitrogens with zero attached hydrogens (tertiary/aromatic N) is 4. The summed E-state index contributed by atoms with van der Waals surface area (Å²) in [6.45, 7) is 7.07. The minimum Gasteiger partial charge on any atom is -0.748 e. The summed E-state index contributed by atoms with van der Waals surface area (Å²) in [5.41, 5.74) is 2.71. The predicted molar refractivity (Wildman–Crippen MR) is 125 cm³/mol. The number of hydrogen-bond acceptors (Lipinski definition) is 8. The van der Waals surface area contributed by atoms with Crippen molar-refractivity contribution in [2.45, 2.75) is 25.7 Å². The number of anilines is 1. The van der Waals surface area contributed by atoms with Crippen LogP contribution in [0, 0.1) is 6.92 Å². The van der Waals surface area contributed by atoms with Gasteiger partial charge in [-0.05, 0) is 56.7 Å². The molecule has 0 atom stereocenters. The van der Waals surface area contributed by atoms with E-state index in [-0.39, 0.29) is 96.7 Å². The van der Waals surface area contributed by atoms with Gasteiger partial charge in [-0.15, -0.1) is 11.7 Å². The van der Waals surface area contributed by atoms with Gasteiger partial charge in [-0.25, -0.2) is 16.8 Å². The van der Waals surface area contributed by atoms with E-state index in [0.717, 1.165) is 30.4 Å². The first-order chi connectivity index (χ1) is 14.9. The molecule has 0 aliphatic rings. The zero-order chi connectivity index (χ0) is 24.1. The van der Waals surface area contributed by atoms with E-state index in [1.807, 2.05) is 25.1 Å². The fourth-order valence-electron chi connectivity index (χ4n) is 2.78. The number of hydrogen-bond donors (Lipinski definition) is 0. The number of sulfonamides is 1. The van der Waals surface area contributed by atoms with Crippen molar-refractivity contribution in [3.8, 4) is 0 Å². The second-order valence-corrected chi connectivity index (χ2v) is 10.7. The van der Waals surface area contributed by atoms with Crippen LogP contribution in [0.3, 0.4) is 0 Å². The number of halogens is 2. The smallest absolute Gasteiger partial charge is 0.748 e. The molecule has 34 heavy (non-hydrogen) atoms. The second-order valence-electron chi connectivity index (χ2n) is 6.67. The number of azo groups is 1. The van der Waals surface area contributed by atoms with Crippen LogP contribution in [0.2, 0.25) is 10.0 Å². The average Bonchev–Trinajstić information content (AvgIpc) is 2.69. The Labute approximate surface area is 275 Å². The molecule has 0 aliphatic carbocycles. The molecule has 0 N–H and O–H groups in total. The van der Waals surface area contributed by atoms with Crippen molar-refractivity contribution in [2.24, 2.45) is 10.2 Å². The standard InChI is InChI=1S/C19H23Cl2N4O5S2.K.Na/c1-4-25(5-2)14-6-7-17(13(3)10-14)23-24-18-11-16(21)19(12-15(18)20)32(29,30)22-8-9-31(26,27)28;;/h6-7,10-12H,4-5,8-9H2,1-3H3,(H,26,27,28);;/q-1;2*+1/p-1. The fraction of sp³-hybridized carbons (Fsp3) is 0.368. The van der Waals surface area contributed by atoms with E-state index < -0.39 is 37.3 Å². The van der Waals surface area contributed by atoms with Crippen molar-refractivity contribution in [3.63, 3.8) is 0 Å². The third-order valence-corrected chi connectivity index (χ3v) is 7.28. The maximum atomic E-state index is 12.3. The largest absolute Gasteiger partial charge is 1.00 e. The van der Waals surface area contributed by atoms with Crippen molar-refractivity contribution in [3.05, 3.63) is 50.7 Å². The predicted octanol–water partition coefficient (Wildman–Crippen LogP) is -0.821. The second kappa shape index (κ2) is 15.3. The Hall–Kier alpha value is 0.876. The molecule has 0 aliphatic heterocycles. The summed E-state index contributed by atoms with van der Waals surface area (Å²) < 4.78 is 59.8. The Balaban J connectivity index is 0.00000544. The van der Waals surface area contributed by atoms with Crippen LogP contribution in [-0.2, 0) is 20.1 Å². The summed E-state index contributed by atoms with van der Waals surface area (Å²) in [4.78, 5) is 1.77. The van der Waals surface area contributed by atoms with E-state index in [0.29, 0.717) is 5.69 Å². The van der Waals surface area contributed by atoms with Crippen LogP contribution in [0.25, 0.3) is 4.72 Å². The van der Waals surface area contributed by atoms with Gasteiger partial charge in [-0.1, -0.05) is 23.2 Å². The van der Waals surface area contributed by atoms with Gasteiger partial charge in [0.2, 0.25) is 0 Å². The molecule has 0 aromatic heterocycles. The third-order valence-electron chi connectivity index (χ3n) is 4.46. The molecule has 2 aromatic carbocycles. The summed E-state index contributed by atoms with van der Waals surface area (Å²) in [6.07, 6.45) is 0. The van der Waals surface area contributed by atoms with Gasteiger partial charge in [0.1, 0.15) is 15.7 Å². The van der Waals surface area contributed by atoms with Gasteiger partial charge in [0.15, 0.2) is 0 Å². The van der Waals surface area contributed by atoms with Crippen LogP contribution in [0.1, 0.15) is 19.4 Å². The molecule has 0 saturated heterocycles. The Kier molecular flexibility index (Phi) is 15.7. The van der Waals surface area contributed by atoms with Crippen molar-refractivity contribution in [2.75, 3.05) is 30.3 Å². The average molecular weight is 584 g/mol. The summed E-state index contributed by atoms with van der Waals surface area (Å²) in [6, 6.07) is 8.03. The summed E-state index contributed by atoms with van der Waals surface area (Å²) in [5.74, 6) is -0.948. The Bertz CT molecular complexity index is 1230. The van der Waals surface area contributed by atoms with E-state index in [4.69, 9.17) is 23.2 Å². The van der Waals surface area contributed by atoms with Crippen LogP contribution in [-0.4, -0.2) is 46.8 Å². The first-order valence-corrected chi connectivity index (χ1v) is 13.3. The Morgan fingerprint density at radius 2 is 1.56 bits per heavy atom. The Morgan fingerprint density at radius 1 is 0.971 bits per heavy atom. The fourth-order valence-corrected chi connectivity index (χ4v) is 4.97. The number of rotatable bonds is 10.